The molecule has 0 nitrogen and oxygen atoms in total. The van der Waals surface area contributed by atoms with Crippen LogP contribution in [-0.2, 0) is 0 Å². The van der Waals surface area contributed by atoms with Crippen LogP contribution >= 0.6 is 0 Å². The van der Waals surface area contributed by atoms with Gasteiger partial charge < -0.3 is 0 Å². The lowest BCUT2D eigenvalue weighted by Crippen LogP contribution is -2.39. The fourth-order valence-electron chi connectivity index (χ4n) is 1.53. The summed E-state index contributed by atoms with van der Waals surface area (Å²) in [4.78, 5) is 0. The molecule has 1 rings (SSSR count). The highest BCUT2D eigenvalue weighted by Crippen LogP contribution is 2.43. The van der Waals surface area contributed by atoms with Gasteiger partial charge in [-0.3, -0.25) is 0 Å². The van der Waals surface area contributed by atoms with Crippen LogP contribution in [0, 0.1) is 0 Å². The van der Waals surface area contributed by atoms with Gasteiger partial charge in [0, 0.05) is 0 Å². The van der Waals surface area contributed by atoms with Gasteiger partial charge in [0.2, 0.25) is 0 Å². The van der Waals surface area contributed by atoms with Gasteiger partial charge in [-0.2, -0.15) is 0 Å². The van der Waals surface area contributed by atoms with Gasteiger partial charge >= 0.3 is 0 Å². The molecule has 1 aliphatic rings. The summed E-state index contributed by atoms with van der Waals surface area (Å²) in [6, 6.07) is 0. The molecule has 0 amide bonds. The zero-order valence-corrected chi connectivity index (χ0v) is 9.23. The molecule has 1 atom stereocenters. The Kier molecular flexibility index (Phi) is 1.87. The van der Waals surface area contributed by atoms with E-state index in [-0.39, 0.29) is 0 Å². The van der Waals surface area contributed by atoms with Crippen molar-refractivity contribution < 1.29 is 0 Å². The molecule has 1 heterocycles. The lowest BCUT2D eigenvalue weighted by molar-refractivity contribution is 0.730. The quantitative estimate of drug-likeness (QED) is 0.483. The average molecular weight is 166 g/mol. The second-order valence-electron chi connectivity index (χ2n) is 4.66. The SMILES string of the molecule is CC1=CC=C[Si]1(C)C(C)(C)C. The molecule has 0 bridgehead atoms. The molecule has 0 aromatic rings. The minimum Gasteiger partial charge on any atom is -0.0900 e. The third-order valence-electron chi connectivity index (χ3n) is 3.15. The van der Waals surface area contributed by atoms with Gasteiger partial charge in [0.1, 0.15) is 8.07 Å². The molecule has 1 aliphatic heterocycles. The van der Waals surface area contributed by atoms with E-state index in [1.165, 1.54) is 0 Å². The number of hydrogen-bond acceptors (Lipinski definition) is 0. The van der Waals surface area contributed by atoms with Crippen molar-refractivity contribution in [1.29, 1.82) is 0 Å². The van der Waals surface area contributed by atoms with E-state index in [9.17, 15) is 0 Å². The highest BCUT2D eigenvalue weighted by Gasteiger charge is 2.40. The largest absolute Gasteiger partial charge is 0.107 e. The predicted molar refractivity (Wildman–Crippen MR) is 54.2 cm³/mol. The first-order chi connectivity index (χ1) is 4.88. The van der Waals surface area contributed by atoms with Crippen molar-refractivity contribution in [2.75, 3.05) is 0 Å². The van der Waals surface area contributed by atoms with Crippen LogP contribution in [0.1, 0.15) is 27.7 Å². The first-order valence-electron chi connectivity index (χ1n) is 4.24. The molecule has 0 saturated carbocycles. The Morgan fingerprint density at radius 3 is 2.00 bits per heavy atom. The van der Waals surface area contributed by atoms with Gasteiger partial charge in [0.15, 0.2) is 0 Å². The van der Waals surface area contributed by atoms with Crippen molar-refractivity contribution in [3.05, 3.63) is 23.0 Å². The molecule has 0 aromatic carbocycles. The van der Waals surface area contributed by atoms with Crippen LogP contribution in [0.3, 0.4) is 0 Å². The van der Waals surface area contributed by atoms with E-state index in [0.717, 1.165) is 0 Å². The maximum Gasteiger partial charge on any atom is 0.107 e. The summed E-state index contributed by atoms with van der Waals surface area (Å²) < 4.78 is 0. The summed E-state index contributed by atoms with van der Waals surface area (Å²) in [5, 5.41) is 2.09. The molecular weight excluding hydrogens is 148 g/mol. The Labute approximate surface area is 71.0 Å². The summed E-state index contributed by atoms with van der Waals surface area (Å²) >= 11 is 0. The summed E-state index contributed by atoms with van der Waals surface area (Å²) in [5.74, 6) is 0. The lowest BCUT2D eigenvalue weighted by atomic mass is 10.2. The molecule has 0 radical (unpaired) electrons. The molecule has 0 aliphatic carbocycles. The molecule has 0 aromatic heterocycles. The fourth-order valence-corrected chi connectivity index (χ4v) is 4.40. The molecule has 0 N–H and O–H groups in total. The van der Waals surface area contributed by atoms with Gasteiger partial charge in [-0.25, -0.2) is 0 Å². The maximum atomic E-state index is 2.45. The van der Waals surface area contributed by atoms with Crippen LogP contribution in [0.4, 0.5) is 0 Å². The third kappa shape index (κ3) is 1.22. The van der Waals surface area contributed by atoms with Crippen LogP contribution in [0.2, 0.25) is 11.6 Å². The third-order valence-corrected chi connectivity index (χ3v) is 8.93. The Morgan fingerprint density at radius 2 is 1.82 bits per heavy atom. The van der Waals surface area contributed by atoms with Crippen molar-refractivity contribution in [1.82, 2.24) is 0 Å². The van der Waals surface area contributed by atoms with E-state index < -0.39 is 8.07 Å². The molecule has 0 spiro atoms. The van der Waals surface area contributed by atoms with E-state index in [2.05, 4.69) is 52.1 Å². The predicted octanol–water partition coefficient (Wildman–Crippen LogP) is 3.46. The molecule has 0 fully saturated rings. The number of rotatable bonds is 0. The molecule has 11 heavy (non-hydrogen) atoms. The summed E-state index contributed by atoms with van der Waals surface area (Å²) in [6.07, 6.45) is 4.50. The topological polar surface area (TPSA) is 0 Å². The zero-order chi connectivity index (χ0) is 8.70. The molecular formula is C10H18Si. The molecule has 1 heteroatoms. The second kappa shape index (κ2) is 2.34. The average Bonchev–Trinajstić information content (AvgIpc) is 2.12. The smallest absolute Gasteiger partial charge is 0.0900 e. The summed E-state index contributed by atoms with van der Waals surface area (Å²) in [7, 11) is -1.21. The van der Waals surface area contributed by atoms with Crippen LogP contribution in [0.5, 0.6) is 0 Å². The van der Waals surface area contributed by atoms with Crippen molar-refractivity contribution in [2.24, 2.45) is 0 Å². The van der Waals surface area contributed by atoms with Gasteiger partial charge in [-0.1, -0.05) is 50.4 Å². The van der Waals surface area contributed by atoms with Crippen molar-refractivity contribution in [3.8, 4) is 0 Å². The second-order valence-corrected chi connectivity index (χ2v) is 9.69. The van der Waals surface area contributed by atoms with Gasteiger partial charge in [0.05, 0.1) is 0 Å². The fraction of sp³-hybridized carbons (Fsp3) is 0.600. The number of allylic oxidation sites excluding steroid dienone is 3. The minimum absolute atomic E-state index is 0.473. The normalized spacial score (nSPS) is 30.8. The lowest BCUT2D eigenvalue weighted by Gasteiger charge is -2.36. The standard InChI is InChI=1S/C10H18Si/c1-9-7-6-8-11(9,5)10(2,3)4/h6-8H,1-5H3. The summed E-state index contributed by atoms with van der Waals surface area (Å²) in [5.41, 5.74) is 2.45. The van der Waals surface area contributed by atoms with E-state index in [0.29, 0.717) is 5.04 Å². The van der Waals surface area contributed by atoms with Crippen molar-refractivity contribution >= 4 is 8.07 Å². The Balaban J connectivity index is 3.02. The summed E-state index contributed by atoms with van der Waals surface area (Å²) in [6.45, 7) is 11.8. The molecule has 0 saturated heterocycles. The number of hydrogen-bond donors (Lipinski definition) is 0. The molecule has 1 unspecified atom stereocenters. The van der Waals surface area contributed by atoms with E-state index >= 15 is 0 Å². The highest BCUT2D eigenvalue weighted by atomic mass is 28.3. The van der Waals surface area contributed by atoms with E-state index in [1.54, 1.807) is 5.20 Å². The van der Waals surface area contributed by atoms with Gasteiger partial charge in [0.25, 0.3) is 0 Å². The van der Waals surface area contributed by atoms with Crippen LogP contribution in [0.25, 0.3) is 0 Å². The first-order valence-corrected chi connectivity index (χ1v) is 6.82. The Hall–Kier alpha value is -0.303. The monoisotopic (exact) mass is 166 g/mol. The van der Waals surface area contributed by atoms with Crippen LogP contribution in [-0.4, -0.2) is 8.07 Å². The van der Waals surface area contributed by atoms with Gasteiger partial charge in [-0.15, -0.1) is 0 Å². The molecule has 62 valence electrons. The minimum atomic E-state index is -1.21. The Bertz CT molecular complexity index is 218. The first kappa shape index (κ1) is 8.79. The van der Waals surface area contributed by atoms with Crippen molar-refractivity contribution in [3.63, 3.8) is 0 Å². The van der Waals surface area contributed by atoms with Crippen molar-refractivity contribution in [2.45, 2.75) is 39.3 Å². The maximum absolute atomic E-state index is 2.45. The zero-order valence-electron chi connectivity index (χ0n) is 8.23. The van der Waals surface area contributed by atoms with Crippen LogP contribution in [0.15, 0.2) is 23.0 Å². The van der Waals surface area contributed by atoms with Crippen LogP contribution < -0.4 is 0 Å². The Morgan fingerprint density at radius 1 is 1.27 bits per heavy atom. The highest BCUT2D eigenvalue weighted by molar-refractivity contribution is 6.92. The van der Waals surface area contributed by atoms with Gasteiger partial charge in [-0.05, 0) is 12.0 Å². The van der Waals surface area contributed by atoms with E-state index in [1.807, 2.05) is 0 Å². The van der Waals surface area contributed by atoms with E-state index in [4.69, 9.17) is 0 Å².